The number of aliphatic hydroxyl groups is 1. The third kappa shape index (κ3) is 6.00. The Balaban J connectivity index is 2.26. The summed E-state index contributed by atoms with van der Waals surface area (Å²) in [5.74, 6) is -0.303. The van der Waals surface area contributed by atoms with E-state index in [-0.39, 0.29) is 12.4 Å². The molecule has 1 aromatic rings. The Hall–Kier alpha value is -1.17. The summed E-state index contributed by atoms with van der Waals surface area (Å²) in [5, 5.41) is 9.32. The lowest BCUT2D eigenvalue weighted by molar-refractivity contribution is 0.0796. The predicted molar refractivity (Wildman–Crippen MR) is 69.8 cm³/mol. The SMILES string of the molecule is COCCCOCCOc1ccc([C@H](C)O)cc1F. The van der Waals surface area contributed by atoms with Crippen molar-refractivity contribution in [3.63, 3.8) is 0 Å². The Morgan fingerprint density at radius 1 is 1.21 bits per heavy atom. The molecule has 0 saturated carbocycles. The minimum Gasteiger partial charge on any atom is -0.488 e. The summed E-state index contributed by atoms with van der Waals surface area (Å²) in [6, 6.07) is 4.43. The molecule has 0 spiro atoms. The Labute approximate surface area is 113 Å². The number of hydrogen-bond donors (Lipinski definition) is 1. The van der Waals surface area contributed by atoms with Crippen LogP contribution in [0.5, 0.6) is 5.75 Å². The summed E-state index contributed by atoms with van der Waals surface area (Å²) in [5.41, 5.74) is 0.528. The summed E-state index contributed by atoms with van der Waals surface area (Å²) >= 11 is 0. The van der Waals surface area contributed by atoms with Crippen molar-refractivity contribution in [2.75, 3.05) is 33.5 Å². The van der Waals surface area contributed by atoms with E-state index in [0.717, 1.165) is 6.42 Å². The molecule has 0 aromatic heterocycles. The van der Waals surface area contributed by atoms with E-state index in [4.69, 9.17) is 14.2 Å². The standard InChI is InChI=1S/C14H21FO4/c1-11(16)12-4-5-14(13(15)10-12)19-9-8-18-7-3-6-17-2/h4-5,10-11,16H,3,6-9H2,1-2H3/t11-/m0/s1. The van der Waals surface area contributed by atoms with Gasteiger partial charge in [-0.2, -0.15) is 0 Å². The minimum absolute atomic E-state index is 0.171. The van der Waals surface area contributed by atoms with Crippen LogP contribution in [0.1, 0.15) is 25.0 Å². The lowest BCUT2D eigenvalue weighted by Gasteiger charge is -2.10. The third-order valence-electron chi connectivity index (χ3n) is 2.56. The van der Waals surface area contributed by atoms with Gasteiger partial charge in [0.25, 0.3) is 0 Å². The lowest BCUT2D eigenvalue weighted by atomic mass is 10.1. The summed E-state index contributed by atoms with van der Waals surface area (Å²) in [6.45, 7) is 3.54. The molecule has 5 heteroatoms. The molecule has 0 radical (unpaired) electrons. The van der Waals surface area contributed by atoms with E-state index in [9.17, 15) is 9.50 Å². The molecule has 108 valence electrons. The molecular formula is C14H21FO4. The van der Waals surface area contributed by atoms with Gasteiger partial charge in [-0.3, -0.25) is 0 Å². The van der Waals surface area contributed by atoms with Crippen molar-refractivity contribution < 1.29 is 23.7 Å². The second-order valence-corrected chi connectivity index (χ2v) is 4.17. The summed E-state index contributed by atoms with van der Waals surface area (Å²) in [4.78, 5) is 0. The first-order valence-electron chi connectivity index (χ1n) is 6.32. The van der Waals surface area contributed by atoms with Crippen LogP contribution < -0.4 is 4.74 Å². The predicted octanol–water partition coefficient (Wildman–Crippen LogP) is 2.31. The summed E-state index contributed by atoms with van der Waals surface area (Å²) in [7, 11) is 1.64. The minimum atomic E-state index is -0.687. The molecule has 0 aliphatic heterocycles. The van der Waals surface area contributed by atoms with Crippen molar-refractivity contribution in [2.24, 2.45) is 0 Å². The summed E-state index contributed by atoms with van der Waals surface area (Å²) in [6.07, 6.45) is 0.140. The van der Waals surface area contributed by atoms with E-state index in [1.807, 2.05) is 0 Å². The van der Waals surface area contributed by atoms with Gasteiger partial charge in [-0.1, -0.05) is 6.07 Å². The van der Waals surface area contributed by atoms with E-state index in [0.29, 0.717) is 25.4 Å². The van der Waals surface area contributed by atoms with Crippen molar-refractivity contribution in [1.82, 2.24) is 0 Å². The van der Waals surface area contributed by atoms with Crippen molar-refractivity contribution in [2.45, 2.75) is 19.4 Å². The molecule has 19 heavy (non-hydrogen) atoms. The highest BCUT2D eigenvalue weighted by atomic mass is 19.1. The van der Waals surface area contributed by atoms with Gasteiger partial charge in [0.1, 0.15) is 6.61 Å². The van der Waals surface area contributed by atoms with Gasteiger partial charge in [0.05, 0.1) is 12.7 Å². The number of aliphatic hydroxyl groups excluding tert-OH is 1. The van der Waals surface area contributed by atoms with Crippen LogP contribution in [0.4, 0.5) is 4.39 Å². The van der Waals surface area contributed by atoms with Crippen molar-refractivity contribution in [1.29, 1.82) is 0 Å². The van der Waals surface area contributed by atoms with Gasteiger partial charge in [-0.25, -0.2) is 4.39 Å². The Morgan fingerprint density at radius 3 is 2.63 bits per heavy atom. The van der Waals surface area contributed by atoms with Gasteiger partial charge in [-0.05, 0) is 31.0 Å². The zero-order chi connectivity index (χ0) is 14.1. The molecule has 0 bridgehead atoms. The molecule has 0 aliphatic rings. The molecule has 4 nitrogen and oxygen atoms in total. The molecule has 0 unspecified atom stereocenters. The fourth-order valence-corrected chi connectivity index (χ4v) is 1.51. The highest BCUT2D eigenvalue weighted by Gasteiger charge is 2.07. The second-order valence-electron chi connectivity index (χ2n) is 4.17. The number of methoxy groups -OCH3 is 1. The van der Waals surface area contributed by atoms with Crippen LogP contribution in [0.3, 0.4) is 0 Å². The Morgan fingerprint density at radius 2 is 2.00 bits per heavy atom. The fourth-order valence-electron chi connectivity index (χ4n) is 1.51. The van der Waals surface area contributed by atoms with Crippen LogP contribution >= 0.6 is 0 Å². The maximum atomic E-state index is 13.6. The Bertz CT molecular complexity index is 368. The maximum Gasteiger partial charge on any atom is 0.165 e. The van der Waals surface area contributed by atoms with Crippen LogP contribution in [0, 0.1) is 5.82 Å². The maximum absolute atomic E-state index is 13.6. The first-order chi connectivity index (χ1) is 9.15. The van der Waals surface area contributed by atoms with Gasteiger partial charge < -0.3 is 19.3 Å². The second kappa shape index (κ2) is 8.85. The van der Waals surface area contributed by atoms with Gasteiger partial charge in [0, 0.05) is 20.3 Å². The highest BCUT2D eigenvalue weighted by molar-refractivity contribution is 5.30. The Kier molecular flexibility index (Phi) is 7.40. The average Bonchev–Trinajstić information content (AvgIpc) is 2.39. The van der Waals surface area contributed by atoms with Gasteiger partial charge in [0.15, 0.2) is 11.6 Å². The van der Waals surface area contributed by atoms with Gasteiger partial charge in [-0.15, -0.1) is 0 Å². The first kappa shape index (κ1) is 15.9. The molecule has 1 atom stereocenters. The molecule has 1 rings (SSSR count). The lowest BCUT2D eigenvalue weighted by Crippen LogP contribution is -2.09. The normalized spacial score (nSPS) is 12.4. The zero-order valence-corrected chi connectivity index (χ0v) is 11.4. The molecular weight excluding hydrogens is 251 g/mol. The highest BCUT2D eigenvalue weighted by Crippen LogP contribution is 2.21. The average molecular weight is 272 g/mol. The van der Waals surface area contributed by atoms with Crippen LogP contribution in [-0.4, -0.2) is 38.6 Å². The smallest absolute Gasteiger partial charge is 0.165 e. The number of rotatable bonds is 9. The monoisotopic (exact) mass is 272 g/mol. The largest absolute Gasteiger partial charge is 0.488 e. The van der Waals surface area contributed by atoms with E-state index in [2.05, 4.69) is 0 Å². The number of hydrogen-bond acceptors (Lipinski definition) is 4. The number of benzene rings is 1. The fraction of sp³-hybridized carbons (Fsp3) is 0.571. The van der Waals surface area contributed by atoms with Gasteiger partial charge >= 0.3 is 0 Å². The molecule has 1 aromatic carbocycles. The zero-order valence-electron chi connectivity index (χ0n) is 11.4. The van der Waals surface area contributed by atoms with Crippen LogP contribution in [0.25, 0.3) is 0 Å². The molecule has 0 fully saturated rings. The van der Waals surface area contributed by atoms with Gasteiger partial charge in [0.2, 0.25) is 0 Å². The van der Waals surface area contributed by atoms with Crippen LogP contribution in [0.2, 0.25) is 0 Å². The first-order valence-corrected chi connectivity index (χ1v) is 6.32. The van der Waals surface area contributed by atoms with Crippen LogP contribution in [-0.2, 0) is 9.47 Å². The van der Waals surface area contributed by atoms with E-state index in [1.54, 1.807) is 20.1 Å². The van der Waals surface area contributed by atoms with Crippen molar-refractivity contribution >= 4 is 0 Å². The quantitative estimate of drug-likeness (QED) is 0.701. The van der Waals surface area contributed by atoms with Crippen molar-refractivity contribution in [3.8, 4) is 5.75 Å². The summed E-state index contributed by atoms with van der Waals surface area (Å²) < 4.78 is 29.0. The number of ether oxygens (including phenoxy) is 3. The van der Waals surface area contributed by atoms with E-state index >= 15 is 0 Å². The van der Waals surface area contributed by atoms with E-state index < -0.39 is 11.9 Å². The van der Waals surface area contributed by atoms with Crippen molar-refractivity contribution in [3.05, 3.63) is 29.6 Å². The molecule has 0 amide bonds. The molecule has 0 heterocycles. The molecule has 0 aliphatic carbocycles. The number of halogens is 1. The molecule has 1 N–H and O–H groups in total. The van der Waals surface area contributed by atoms with E-state index in [1.165, 1.54) is 12.1 Å². The molecule has 0 saturated heterocycles. The topological polar surface area (TPSA) is 47.9 Å². The van der Waals surface area contributed by atoms with Crippen LogP contribution in [0.15, 0.2) is 18.2 Å². The third-order valence-corrected chi connectivity index (χ3v) is 2.56.